The van der Waals surface area contributed by atoms with Crippen molar-refractivity contribution >= 4 is 51.2 Å². The number of carbonyl (C=O) groups is 1. The highest BCUT2D eigenvalue weighted by molar-refractivity contribution is 14.1. The van der Waals surface area contributed by atoms with E-state index in [1.165, 1.54) is 0 Å². The van der Waals surface area contributed by atoms with Crippen LogP contribution in [-0.2, 0) is 10.3 Å². The summed E-state index contributed by atoms with van der Waals surface area (Å²) in [5.41, 5.74) is 0.752. The molecule has 4 fully saturated rings. The Bertz CT molecular complexity index is 903. The Morgan fingerprint density at radius 2 is 1.64 bits per heavy atom. The van der Waals surface area contributed by atoms with Crippen molar-refractivity contribution in [3.05, 3.63) is 60.7 Å². The molecule has 6 heteroatoms. The lowest BCUT2D eigenvalue weighted by molar-refractivity contribution is -0.166. The van der Waals surface area contributed by atoms with E-state index in [0.717, 1.165) is 34.8 Å². The Morgan fingerprint density at radius 1 is 1.04 bits per heavy atom. The molecule has 146 valence electrons. The number of phenolic OH excluding ortho intramolecular Hbond substituents is 1. The van der Waals surface area contributed by atoms with Crippen molar-refractivity contribution < 1.29 is 14.6 Å². The van der Waals surface area contributed by atoms with Gasteiger partial charge in [-0.15, -0.1) is 0 Å². The van der Waals surface area contributed by atoms with E-state index in [4.69, 9.17) is 4.74 Å². The number of halogens is 2. The minimum atomic E-state index is -0.605. The fraction of sp³-hybridized carbons (Fsp3) is 0.409. The van der Waals surface area contributed by atoms with Crippen LogP contribution < -0.4 is 5.32 Å². The number of aromatic hydroxyl groups is 1. The van der Waals surface area contributed by atoms with Crippen molar-refractivity contribution in [2.24, 2.45) is 11.8 Å². The van der Waals surface area contributed by atoms with E-state index in [9.17, 15) is 9.90 Å². The van der Waals surface area contributed by atoms with Gasteiger partial charge in [-0.1, -0.05) is 30.3 Å². The average molecular weight is 601 g/mol. The van der Waals surface area contributed by atoms with Crippen LogP contribution >= 0.6 is 45.2 Å². The second-order valence-corrected chi connectivity index (χ2v) is 10.6. The highest BCUT2D eigenvalue weighted by atomic mass is 127. The molecule has 0 spiro atoms. The van der Waals surface area contributed by atoms with Gasteiger partial charge in [0.1, 0.15) is 16.9 Å². The zero-order chi connectivity index (χ0) is 19.5. The molecule has 4 nitrogen and oxygen atoms in total. The van der Waals surface area contributed by atoms with Crippen LogP contribution in [-0.4, -0.2) is 23.2 Å². The van der Waals surface area contributed by atoms with Crippen LogP contribution in [0.15, 0.2) is 42.5 Å². The van der Waals surface area contributed by atoms with Crippen LogP contribution in [0, 0.1) is 19.0 Å². The summed E-state index contributed by atoms with van der Waals surface area (Å²) in [6.45, 7) is 0. The fourth-order valence-corrected chi connectivity index (χ4v) is 7.57. The average Bonchev–Trinajstić information content (AvgIpc) is 2.67. The van der Waals surface area contributed by atoms with Crippen molar-refractivity contribution in [3.63, 3.8) is 0 Å². The third kappa shape index (κ3) is 2.98. The molecular formula is C22H21I2NO3. The van der Waals surface area contributed by atoms with Gasteiger partial charge in [0, 0.05) is 27.5 Å². The van der Waals surface area contributed by atoms with E-state index in [1.807, 2.05) is 24.3 Å². The van der Waals surface area contributed by atoms with E-state index >= 15 is 0 Å². The molecule has 4 bridgehead atoms. The number of nitrogens with one attached hydrogen (secondary N) is 1. The van der Waals surface area contributed by atoms with E-state index in [0.29, 0.717) is 27.5 Å². The molecule has 4 aliphatic rings. The molecule has 2 aliphatic heterocycles. The molecule has 2 aliphatic carbocycles. The molecule has 2 aromatic carbocycles. The van der Waals surface area contributed by atoms with Gasteiger partial charge in [0.2, 0.25) is 0 Å². The van der Waals surface area contributed by atoms with Crippen LogP contribution in [0.2, 0.25) is 0 Å². The summed E-state index contributed by atoms with van der Waals surface area (Å²) in [7, 11) is 0. The number of carbonyl (C=O) groups excluding carboxylic acids is 1. The van der Waals surface area contributed by atoms with Crippen molar-refractivity contribution in [2.45, 2.75) is 43.4 Å². The lowest BCUT2D eigenvalue weighted by atomic mass is 9.54. The Morgan fingerprint density at radius 3 is 2.25 bits per heavy atom. The van der Waals surface area contributed by atoms with Gasteiger partial charge in [-0.05, 0) is 88.6 Å². The molecule has 0 aromatic heterocycles. The highest BCUT2D eigenvalue weighted by Crippen LogP contribution is 2.58. The summed E-state index contributed by atoms with van der Waals surface area (Å²) in [6, 6.07) is 14.9. The molecule has 0 unspecified atom stereocenters. The number of ether oxygens (including phenoxy) is 1. The number of hydrogen-bond donors (Lipinski definition) is 2. The van der Waals surface area contributed by atoms with Crippen molar-refractivity contribution in [2.75, 3.05) is 0 Å². The Kier molecular flexibility index (Phi) is 4.86. The summed E-state index contributed by atoms with van der Waals surface area (Å²) in [6.07, 6.45) is 4.13. The zero-order valence-electron chi connectivity index (χ0n) is 15.2. The molecule has 28 heavy (non-hydrogen) atoms. The summed E-state index contributed by atoms with van der Waals surface area (Å²) in [4.78, 5) is 13.3. The fourth-order valence-electron chi connectivity index (χ4n) is 5.72. The first-order valence-corrected chi connectivity index (χ1v) is 11.9. The largest absolute Gasteiger partial charge is 0.506 e. The number of hydrogen-bond acceptors (Lipinski definition) is 4. The summed E-state index contributed by atoms with van der Waals surface area (Å²) < 4.78 is 8.02. The lowest BCUT2D eigenvalue weighted by Gasteiger charge is -2.60. The smallest absolute Gasteiger partial charge is 0.342 e. The molecule has 0 radical (unpaired) electrons. The van der Waals surface area contributed by atoms with Gasteiger partial charge in [-0.3, -0.25) is 0 Å². The predicted molar refractivity (Wildman–Crippen MR) is 123 cm³/mol. The van der Waals surface area contributed by atoms with E-state index in [-0.39, 0.29) is 11.3 Å². The maximum atomic E-state index is 13.3. The van der Waals surface area contributed by atoms with E-state index in [1.54, 1.807) is 6.07 Å². The van der Waals surface area contributed by atoms with E-state index < -0.39 is 11.6 Å². The number of piperidine rings is 2. The Hall–Kier alpha value is -0.870. The topological polar surface area (TPSA) is 58.6 Å². The van der Waals surface area contributed by atoms with Crippen LogP contribution in [0.5, 0.6) is 5.75 Å². The summed E-state index contributed by atoms with van der Waals surface area (Å²) >= 11 is 4.23. The van der Waals surface area contributed by atoms with E-state index in [2.05, 4.69) is 62.6 Å². The first kappa shape index (κ1) is 19.1. The monoisotopic (exact) mass is 601 g/mol. The Labute approximate surface area is 191 Å². The minimum Gasteiger partial charge on any atom is -0.506 e. The first-order valence-electron chi connectivity index (χ1n) is 9.70. The van der Waals surface area contributed by atoms with Crippen LogP contribution in [0.4, 0.5) is 0 Å². The lowest BCUT2D eigenvalue weighted by Crippen LogP contribution is -2.66. The van der Waals surface area contributed by atoms with Gasteiger partial charge in [0.05, 0.1) is 3.57 Å². The van der Waals surface area contributed by atoms with Crippen molar-refractivity contribution in [3.8, 4) is 5.75 Å². The van der Waals surface area contributed by atoms with Crippen molar-refractivity contribution in [1.82, 2.24) is 5.32 Å². The molecule has 2 heterocycles. The molecular weight excluding hydrogens is 580 g/mol. The second kappa shape index (κ2) is 7.12. The number of rotatable bonds is 3. The maximum absolute atomic E-state index is 13.3. The third-order valence-corrected chi connectivity index (χ3v) is 8.14. The zero-order valence-corrected chi connectivity index (χ0v) is 19.5. The van der Waals surface area contributed by atoms with Gasteiger partial charge >= 0.3 is 5.97 Å². The van der Waals surface area contributed by atoms with Gasteiger partial charge in [0.25, 0.3) is 0 Å². The van der Waals surface area contributed by atoms with Crippen LogP contribution in [0.3, 0.4) is 0 Å². The number of esters is 1. The summed E-state index contributed by atoms with van der Waals surface area (Å²) in [5, 5.41) is 14.2. The molecule has 2 saturated carbocycles. The predicted octanol–water partition coefficient (Wildman–Crippen LogP) is 4.81. The van der Waals surface area contributed by atoms with Crippen LogP contribution in [0.25, 0.3) is 0 Å². The third-order valence-electron chi connectivity index (χ3n) is 6.70. The quantitative estimate of drug-likeness (QED) is 0.392. The normalized spacial score (nSPS) is 33.1. The van der Waals surface area contributed by atoms with Gasteiger partial charge in [0.15, 0.2) is 0 Å². The minimum absolute atomic E-state index is 0.0136. The highest BCUT2D eigenvalue weighted by Gasteiger charge is 2.60. The maximum Gasteiger partial charge on any atom is 0.342 e. The molecule has 2 N–H and O–H groups in total. The molecule has 6 rings (SSSR count). The SMILES string of the molecule is O=C(OC1(c2ccccc2)C2CC3CC1CC(C2)N3)c1cc(I)cc(I)c1O. The Balaban J connectivity index is 1.58. The van der Waals surface area contributed by atoms with Crippen molar-refractivity contribution in [1.29, 1.82) is 0 Å². The van der Waals surface area contributed by atoms with Crippen LogP contribution in [0.1, 0.15) is 41.6 Å². The number of phenols is 1. The molecule has 0 amide bonds. The van der Waals surface area contributed by atoms with Gasteiger partial charge < -0.3 is 15.2 Å². The second-order valence-electron chi connectivity index (χ2n) is 8.23. The summed E-state index contributed by atoms with van der Waals surface area (Å²) in [5.74, 6) is 0.219. The van der Waals surface area contributed by atoms with Gasteiger partial charge in [-0.25, -0.2) is 4.79 Å². The number of benzene rings is 2. The standard InChI is InChI=1S/C22H21I2NO3/c23-15-10-18(20(26)19(24)11-15)21(27)28-22(12-4-2-1-3-5-12)13-6-16-8-14(22)9-17(7-13)25-16/h1-5,10-11,13-14,16-17,25-26H,6-9H2. The molecule has 0 atom stereocenters. The first-order chi connectivity index (χ1) is 13.5. The van der Waals surface area contributed by atoms with Gasteiger partial charge in [-0.2, -0.15) is 0 Å². The molecule has 2 aromatic rings. The molecule has 2 saturated heterocycles.